The molecule has 0 bridgehead atoms. The van der Waals surface area contributed by atoms with Gasteiger partial charge in [0.25, 0.3) is 10.0 Å². The van der Waals surface area contributed by atoms with Crippen molar-refractivity contribution >= 4 is 27.3 Å². The molecule has 124 valence electrons. The highest BCUT2D eigenvalue weighted by Gasteiger charge is 2.34. The maximum atomic E-state index is 12.7. The molecule has 1 saturated heterocycles. The molecule has 0 saturated carbocycles. The quantitative estimate of drug-likeness (QED) is 0.892. The molecule has 22 heavy (non-hydrogen) atoms. The van der Waals surface area contributed by atoms with Crippen LogP contribution >= 0.6 is 11.3 Å². The Morgan fingerprint density at radius 2 is 2.23 bits per heavy atom. The average Bonchev–Trinajstić information content (AvgIpc) is 2.94. The summed E-state index contributed by atoms with van der Waals surface area (Å²) in [7, 11) is -3.47. The lowest BCUT2D eigenvalue weighted by Crippen LogP contribution is -2.46. The molecule has 2 rings (SSSR count). The minimum atomic E-state index is -3.47. The van der Waals surface area contributed by atoms with Crippen molar-refractivity contribution in [3.8, 4) is 0 Å². The lowest BCUT2D eigenvalue weighted by molar-refractivity contribution is -0.126. The van der Waals surface area contributed by atoms with Crippen molar-refractivity contribution in [1.82, 2.24) is 9.62 Å². The molecule has 1 aliphatic heterocycles. The molecular formula is C15H24N2O3S2. The maximum Gasteiger partial charge on any atom is 0.252 e. The molecule has 0 aliphatic carbocycles. The third-order valence-electron chi connectivity index (χ3n) is 4.07. The highest BCUT2D eigenvalue weighted by Crippen LogP contribution is 2.28. The molecule has 1 amide bonds. The number of carbonyl (C=O) groups excluding carboxylic acids is 1. The Balaban J connectivity index is 2.08. The zero-order valence-corrected chi connectivity index (χ0v) is 15.0. The predicted molar refractivity (Wildman–Crippen MR) is 88.4 cm³/mol. The van der Waals surface area contributed by atoms with E-state index in [-0.39, 0.29) is 24.4 Å². The number of nitrogens with zero attached hydrogens (tertiary/aromatic N) is 1. The van der Waals surface area contributed by atoms with Crippen LogP contribution in [0.2, 0.25) is 0 Å². The van der Waals surface area contributed by atoms with E-state index < -0.39 is 10.0 Å². The van der Waals surface area contributed by atoms with E-state index in [9.17, 15) is 13.2 Å². The van der Waals surface area contributed by atoms with Gasteiger partial charge in [0.15, 0.2) is 0 Å². The van der Waals surface area contributed by atoms with E-state index in [1.165, 1.54) is 15.6 Å². The minimum Gasteiger partial charge on any atom is -0.353 e. The van der Waals surface area contributed by atoms with E-state index in [0.29, 0.717) is 10.8 Å². The van der Waals surface area contributed by atoms with Gasteiger partial charge in [-0.05, 0) is 45.2 Å². The number of hydrogen-bond acceptors (Lipinski definition) is 4. The van der Waals surface area contributed by atoms with Crippen molar-refractivity contribution in [2.75, 3.05) is 13.1 Å². The average molecular weight is 345 g/mol. The van der Waals surface area contributed by atoms with Crippen molar-refractivity contribution in [3.05, 3.63) is 17.0 Å². The van der Waals surface area contributed by atoms with Crippen LogP contribution in [0.4, 0.5) is 0 Å². The van der Waals surface area contributed by atoms with Gasteiger partial charge in [-0.2, -0.15) is 4.31 Å². The topological polar surface area (TPSA) is 66.5 Å². The molecule has 1 aliphatic rings. The molecule has 1 fully saturated rings. The molecule has 1 N–H and O–H groups in total. The molecule has 2 atom stereocenters. The minimum absolute atomic E-state index is 0.0309. The van der Waals surface area contributed by atoms with Gasteiger partial charge >= 0.3 is 0 Å². The first kappa shape index (κ1) is 17.4. The van der Waals surface area contributed by atoms with Gasteiger partial charge in [-0.25, -0.2) is 8.42 Å². The van der Waals surface area contributed by atoms with Crippen molar-refractivity contribution < 1.29 is 13.2 Å². The molecule has 1 aromatic rings. The van der Waals surface area contributed by atoms with Gasteiger partial charge in [0.1, 0.15) is 4.21 Å². The molecule has 0 spiro atoms. The smallest absolute Gasteiger partial charge is 0.252 e. The van der Waals surface area contributed by atoms with Gasteiger partial charge in [-0.1, -0.05) is 6.92 Å². The second-order valence-corrected chi connectivity index (χ2v) is 9.34. The van der Waals surface area contributed by atoms with Crippen LogP contribution in [0.5, 0.6) is 0 Å². The first-order valence-corrected chi connectivity index (χ1v) is 9.97. The Kier molecular flexibility index (Phi) is 5.63. The first-order valence-electron chi connectivity index (χ1n) is 7.71. The van der Waals surface area contributed by atoms with Gasteiger partial charge in [-0.3, -0.25) is 4.79 Å². The summed E-state index contributed by atoms with van der Waals surface area (Å²) in [5.74, 6) is -0.282. The van der Waals surface area contributed by atoms with Crippen LogP contribution in [0.1, 0.15) is 38.0 Å². The summed E-state index contributed by atoms with van der Waals surface area (Å²) < 4.78 is 27.1. The molecule has 0 radical (unpaired) electrons. The summed E-state index contributed by atoms with van der Waals surface area (Å²) in [5, 5.41) is 2.96. The van der Waals surface area contributed by atoms with Gasteiger partial charge in [-0.15, -0.1) is 11.3 Å². The highest BCUT2D eigenvalue weighted by molar-refractivity contribution is 7.91. The van der Waals surface area contributed by atoms with Gasteiger partial charge in [0.2, 0.25) is 5.91 Å². The SMILES string of the molecule is CCC(C)NC(=O)C1CCCN(S(=O)(=O)c2ccc(C)s2)C1. The summed E-state index contributed by atoms with van der Waals surface area (Å²) in [6, 6.07) is 3.59. The fraction of sp³-hybridized carbons (Fsp3) is 0.667. The Morgan fingerprint density at radius 1 is 1.50 bits per heavy atom. The summed E-state index contributed by atoms with van der Waals surface area (Å²) in [4.78, 5) is 13.2. The molecular weight excluding hydrogens is 320 g/mol. The Bertz CT molecular complexity index is 624. The summed E-state index contributed by atoms with van der Waals surface area (Å²) in [6.07, 6.45) is 2.34. The van der Waals surface area contributed by atoms with Crippen LogP contribution in [-0.4, -0.2) is 37.8 Å². The van der Waals surface area contributed by atoms with E-state index in [4.69, 9.17) is 0 Å². The van der Waals surface area contributed by atoms with Gasteiger partial charge in [0, 0.05) is 24.0 Å². The number of carbonyl (C=O) groups is 1. The molecule has 7 heteroatoms. The zero-order chi connectivity index (χ0) is 16.3. The molecule has 0 aromatic carbocycles. The Morgan fingerprint density at radius 3 is 2.82 bits per heavy atom. The van der Waals surface area contributed by atoms with Crippen LogP contribution in [0.3, 0.4) is 0 Å². The van der Waals surface area contributed by atoms with Crippen molar-refractivity contribution in [2.24, 2.45) is 5.92 Å². The molecule has 5 nitrogen and oxygen atoms in total. The van der Waals surface area contributed by atoms with Crippen molar-refractivity contribution in [1.29, 1.82) is 0 Å². The maximum absolute atomic E-state index is 12.7. The Labute approximate surface area is 136 Å². The van der Waals surface area contributed by atoms with Crippen LogP contribution in [0, 0.1) is 12.8 Å². The van der Waals surface area contributed by atoms with E-state index >= 15 is 0 Å². The second kappa shape index (κ2) is 7.10. The van der Waals surface area contributed by atoms with Crippen molar-refractivity contribution in [3.63, 3.8) is 0 Å². The third-order valence-corrected chi connectivity index (χ3v) is 7.40. The number of nitrogens with one attached hydrogen (secondary N) is 1. The number of rotatable bonds is 5. The summed E-state index contributed by atoms with van der Waals surface area (Å²) in [6.45, 7) is 6.64. The highest BCUT2D eigenvalue weighted by atomic mass is 32.2. The van der Waals surface area contributed by atoms with Gasteiger partial charge in [0.05, 0.1) is 5.92 Å². The van der Waals surface area contributed by atoms with Crippen LogP contribution in [0.15, 0.2) is 16.3 Å². The molecule has 2 heterocycles. The second-order valence-electron chi connectivity index (χ2n) is 5.89. The standard InChI is InChI=1S/C15H24N2O3S2/c1-4-11(2)16-15(18)13-6-5-9-17(10-13)22(19,20)14-8-7-12(3)21-14/h7-8,11,13H,4-6,9-10H2,1-3H3,(H,16,18). The fourth-order valence-corrected chi connectivity index (χ4v) is 5.48. The van der Waals surface area contributed by atoms with Crippen molar-refractivity contribution in [2.45, 2.75) is 50.3 Å². The Hall–Kier alpha value is -0.920. The van der Waals surface area contributed by atoms with Gasteiger partial charge < -0.3 is 5.32 Å². The summed E-state index contributed by atoms with van der Waals surface area (Å²) in [5.41, 5.74) is 0. The molecule has 2 unspecified atom stereocenters. The number of aryl methyl sites for hydroxylation is 1. The van der Waals surface area contributed by atoms with E-state index in [1.807, 2.05) is 26.8 Å². The number of hydrogen-bond donors (Lipinski definition) is 1. The fourth-order valence-electron chi connectivity index (χ4n) is 2.52. The lowest BCUT2D eigenvalue weighted by Gasteiger charge is -2.31. The zero-order valence-electron chi connectivity index (χ0n) is 13.3. The first-order chi connectivity index (χ1) is 10.3. The monoisotopic (exact) mass is 344 g/mol. The van der Waals surface area contributed by atoms with E-state index in [2.05, 4.69) is 5.32 Å². The van der Waals surface area contributed by atoms with Crippen LogP contribution in [-0.2, 0) is 14.8 Å². The van der Waals surface area contributed by atoms with E-state index in [0.717, 1.165) is 24.1 Å². The third kappa shape index (κ3) is 3.88. The number of sulfonamides is 1. The largest absolute Gasteiger partial charge is 0.353 e. The number of thiophene rings is 1. The normalized spacial score (nSPS) is 21.5. The van der Waals surface area contributed by atoms with E-state index in [1.54, 1.807) is 6.07 Å². The predicted octanol–water partition coefficient (Wildman–Crippen LogP) is 2.37. The van der Waals surface area contributed by atoms with Crippen LogP contribution < -0.4 is 5.32 Å². The number of piperidine rings is 1. The lowest BCUT2D eigenvalue weighted by atomic mass is 9.98. The summed E-state index contributed by atoms with van der Waals surface area (Å²) >= 11 is 1.28. The number of amides is 1. The van der Waals surface area contributed by atoms with Crippen LogP contribution in [0.25, 0.3) is 0 Å². The molecule has 1 aromatic heterocycles.